The van der Waals surface area contributed by atoms with Crippen LogP contribution in [0.15, 0.2) is 48.8 Å². The predicted molar refractivity (Wildman–Crippen MR) is 119 cm³/mol. The van der Waals surface area contributed by atoms with Crippen molar-refractivity contribution >= 4 is 11.6 Å². The summed E-state index contributed by atoms with van der Waals surface area (Å²) < 4.78 is 6.01. The Morgan fingerprint density at radius 2 is 1.90 bits per heavy atom. The molecule has 6 nitrogen and oxygen atoms in total. The Morgan fingerprint density at radius 3 is 2.57 bits per heavy atom. The molecule has 2 fully saturated rings. The van der Waals surface area contributed by atoms with Crippen molar-refractivity contribution in [2.75, 3.05) is 58.4 Å². The topological polar surface area (TPSA) is 48.9 Å². The van der Waals surface area contributed by atoms with Crippen molar-refractivity contribution in [2.24, 2.45) is 5.41 Å². The lowest BCUT2D eigenvalue weighted by Gasteiger charge is -2.42. The zero-order chi connectivity index (χ0) is 21.0. The molecule has 2 saturated heterocycles. The minimum atomic E-state index is 0.129. The van der Waals surface area contributed by atoms with Gasteiger partial charge in [0.2, 0.25) is 0 Å². The first-order valence-electron chi connectivity index (χ1n) is 10.8. The molecule has 30 heavy (non-hydrogen) atoms. The van der Waals surface area contributed by atoms with Gasteiger partial charge < -0.3 is 14.5 Å². The van der Waals surface area contributed by atoms with Crippen LogP contribution in [0.2, 0.25) is 0 Å². The van der Waals surface area contributed by atoms with Crippen molar-refractivity contribution in [3.8, 4) is 0 Å². The number of ether oxygens (including phenoxy) is 1. The highest BCUT2D eigenvalue weighted by Gasteiger charge is 2.39. The molecule has 2 aliphatic heterocycles. The zero-order valence-corrected chi connectivity index (χ0v) is 18.1. The van der Waals surface area contributed by atoms with E-state index in [1.807, 2.05) is 66.6 Å². The van der Waals surface area contributed by atoms with Crippen LogP contribution in [0.1, 0.15) is 28.8 Å². The summed E-state index contributed by atoms with van der Waals surface area (Å²) in [4.78, 5) is 23.8. The van der Waals surface area contributed by atoms with E-state index in [9.17, 15) is 4.79 Å². The number of piperidine rings is 1. The SMILES string of the molecule is CN(C)c1ccc(C(=O)N2CCC3(CC2)COCCN(Cc2cccnc2)C3)cc1. The summed E-state index contributed by atoms with van der Waals surface area (Å²) in [6.07, 6.45) is 5.73. The summed E-state index contributed by atoms with van der Waals surface area (Å²) in [5, 5.41) is 0. The van der Waals surface area contributed by atoms with Crippen LogP contribution in [0, 0.1) is 5.41 Å². The highest BCUT2D eigenvalue weighted by atomic mass is 16.5. The molecule has 0 aliphatic carbocycles. The van der Waals surface area contributed by atoms with Crippen molar-refractivity contribution < 1.29 is 9.53 Å². The van der Waals surface area contributed by atoms with Crippen LogP contribution >= 0.6 is 0 Å². The van der Waals surface area contributed by atoms with Crippen molar-refractivity contribution in [1.29, 1.82) is 0 Å². The maximum Gasteiger partial charge on any atom is 0.253 e. The molecule has 1 amide bonds. The number of pyridine rings is 1. The fourth-order valence-electron chi connectivity index (χ4n) is 4.54. The van der Waals surface area contributed by atoms with Crippen LogP contribution < -0.4 is 4.90 Å². The van der Waals surface area contributed by atoms with Gasteiger partial charge in [-0.25, -0.2) is 0 Å². The number of anilines is 1. The molecule has 6 heteroatoms. The van der Waals surface area contributed by atoms with Gasteiger partial charge in [0.05, 0.1) is 13.2 Å². The number of carbonyl (C=O) groups excluding carboxylic acids is 1. The van der Waals surface area contributed by atoms with E-state index in [0.29, 0.717) is 0 Å². The summed E-state index contributed by atoms with van der Waals surface area (Å²) in [6, 6.07) is 12.0. The average molecular weight is 409 g/mol. The second-order valence-electron chi connectivity index (χ2n) is 8.86. The maximum absolute atomic E-state index is 13.0. The molecule has 0 atom stereocenters. The molecule has 1 aromatic heterocycles. The summed E-state index contributed by atoms with van der Waals surface area (Å²) in [7, 11) is 4.01. The van der Waals surface area contributed by atoms with Crippen molar-refractivity contribution in [2.45, 2.75) is 19.4 Å². The second kappa shape index (κ2) is 9.14. The molecular weight excluding hydrogens is 376 g/mol. The third-order valence-electron chi connectivity index (χ3n) is 6.39. The average Bonchev–Trinajstić information content (AvgIpc) is 2.96. The molecule has 0 radical (unpaired) electrons. The number of benzene rings is 1. The maximum atomic E-state index is 13.0. The molecule has 0 bridgehead atoms. The standard InChI is InChI=1S/C24H32N4O2/c1-26(2)22-7-5-21(6-8-22)23(29)28-12-9-24(10-13-28)18-27(14-15-30-19-24)17-20-4-3-11-25-16-20/h3-8,11,16H,9-10,12-15,17-19H2,1-2H3. The summed E-state index contributed by atoms with van der Waals surface area (Å²) in [5.74, 6) is 0.136. The van der Waals surface area contributed by atoms with E-state index in [1.165, 1.54) is 5.56 Å². The number of rotatable bonds is 4. The quantitative estimate of drug-likeness (QED) is 0.779. The Morgan fingerprint density at radius 1 is 1.13 bits per heavy atom. The second-order valence-corrected chi connectivity index (χ2v) is 8.86. The minimum Gasteiger partial charge on any atom is -0.379 e. The van der Waals surface area contributed by atoms with Crippen molar-refractivity contribution in [3.63, 3.8) is 0 Å². The summed E-state index contributed by atoms with van der Waals surface area (Å²) in [5.41, 5.74) is 3.24. The Labute approximate surface area is 179 Å². The molecule has 4 rings (SSSR count). The highest BCUT2D eigenvalue weighted by molar-refractivity contribution is 5.94. The van der Waals surface area contributed by atoms with Gasteiger partial charge in [-0.2, -0.15) is 0 Å². The zero-order valence-electron chi connectivity index (χ0n) is 18.1. The molecule has 3 heterocycles. The molecule has 1 spiro atoms. The van der Waals surface area contributed by atoms with Gasteiger partial charge in [0.15, 0.2) is 0 Å². The van der Waals surface area contributed by atoms with Crippen LogP contribution in [0.4, 0.5) is 5.69 Å². The first-order valence-corrected chi connectivity index (χ1v) is 10.8. The van der Waals surface area contributed by atoms with E-state index in [0.717, 1.165) is 70.0 Å². The molecule has 2 aromatic rings. The lowest BCUT2D eigenvalue weighted by molar-refractivity contribution is 0.0145. The summed E-state index contributed by atoms with van der Waals surface area (Å²) in [6.45, 7) is 5.99. The van der Waals surface area contributed by atoms with Crippen LogP contribution in [-0.4, -0.2) is 74.2 Å². The van der Waals surface area contributed by atoms with Gasteiger partial charge in [-0.15, -0.1) is 0 Å². The first-order chi connectivity index (χ1) is 14.5. The monoisotopic (exact) mass is 408 g/mol. The smallest absolute Gasteiger partial charge is 0.253 e. The Bertz CT molecular complexity index is 830. The van der Waals surface area contributed by atoms with E-state index < -0.39 is 0 Å². The molecule has 2 aliphatic rings. The third-order valence-corrected chi connectivity index (χ3v) is 6.39. The molecule has 0 unspecified atom stereocenters. The van der Waals surface area contributed by atoms with Gasteiger partial charge in [-0.05, 0) is 48.7 Å². The van der Waals surface area contributed by atoms with E-state index in [4.69, 9.17) is 4.74 Å². The fourth-order valence-corrected chi connectivity index (χ4v) is 4.54. The van der Waals surface area contributed by atoms with Crippen LogP contribution in [0.25, 0.3) is 0 Å². The van der Waals surface area contributed by atoms with Crippen LogP contribution in [-0.2, 0) is 11.3 Å². The molecular formula is C24H32N4O2. The lowest BCUT2D eigenvalue weighted by atomic mass is 9.78. The number of carbonyl (C=O) groups is 1. The predicted octanol–water partition coefficient (Wildman–Crippen LogP) is 2.90. The largest absolute Gasteiger partial charge is 0.379 e. The van der Waals surface area contributed by atoms with Crippen LogP contribution in [0.5, 0.6) is 0 Å². The van der Waals surface area contributed by atoms with E-state index in [2.05, 4.69) is 16.0 Å². The number of aromatic nitrogens is 1. The van der Waals surface area contributed by atoms with Gasteiger partial charge in [-0.3, -0.25) is 14.7 Å². The lowest BCUT2D eigenvalue weighted by Crippen LogP contribution is -2.48. The van der Waals surface area contributed by atoms with E-state index in [-0.39, 0.29) is 11.3 Å². The molecule has 160 valence electrons. The van der Waals surface area contributed by atoms with Crippen molar-refractivity contribution in [1.82, 2.24) is 14.8 Å². The van der Waals surface area contributed by atoms with E-state index in [1.54, 1.807) is 0 Å². The number of hydrogen-bond acceptors (Lipinski definition) is 5. The normalized spacial score (nSPS) is 19.5. The Kier molecular flexibility index (Phi) is 6.35. The molecule has 1 aromatic carbocycles. The highest BCUT2D eigenvalue weighted by Crippen LogP contribution is 2.35. The Hall–Kier alpha value is -2.44. The first kappa shape index (κ1) is 20.8. The number of nitrogens with zero attached hydrogens (tertiary/aromatic N) is 4. The van der Waals surface area contributed by atoms with E-state index >= 15 is 0 Å². The van der Waals surface area contributed by atoms with Gasteiger partial charge in [0.25, 0.3) is 5.91 Å². The summed E-state index contributed by atoms with van der Waals surface area (Å²) >= 11 is 0. The van der Waals surface area contributed by atoms with Gasteiger partial charge >= 0.3 is 0 Å². The van der Waals surface area contributed by atoms with Gasteiger partial charge in [0.1, 0.15) is 0 Å². The number of amides is 1. The van der Waals surface area contributed by atoms with Crippen LogP contribution in [0.3, 0.4) is 0 Å². The third kappa shape index (κ3) is 4.82. The fraction of sp³-hybridized carbons (Fsp3) is 0.500. The number of hydrogen-bond donors (Lipinski definition) is 0. The van der Waals surface area contributed by atoms with Gasteiger partial charge in [0, 0.05) is 75.9 Å². The molecule has 0 saturated carbocycles. The minimum absolute atomic E-state index is 0.129. The molecule has 0 N–H and O–H groups in total. The Balaban J connectivity index is 1.37. The van der Waals surface area contributed by atoms with Crippen molar-refractivity contribution in [3.05, 3.63) is 59.9 Å². The number of likely N-dealkylation sites (tertiary alicyclic amines) is 1. The van der Waals surface area contributed by atoms with Gasteiger partial charge in [-0.1, -0.05) is 6.07 Å².